The van der Waals surface area contributed by atoms with Gasteiger partial charge in [-0.3, -0.25) is 23.9 Å². The number of aryl methyl sites for hydroxylation is 2. The molecule has 37 heavy (non-hydrogen) atoms. The number of carbonyl (C=O) groups is 2. The molecule has 3 aromatic carbocycles. The van der Waals surface area contributed by atoms with E-state index in [0.717, 1.165) is 11.1 Å². The van der Waals surface area contributed by atoms with Crippen LogP contribution in [0, 0.1) is 13.8 Å². The Morgan fingerprint density at radius 3 is 2.00 bits per heavy atom. The first-order chi connectivity index (χ1) is 17.6. The Kier molecular flexibility index (Phi) is 5.99. The van der Waals surface area contributed by atoms with Crippen LogP contribution in [0.3, 0.4) is 0 Å². The number of fused-ring (bicyclic) bond motifs is 2. The van der Waals surface area contributed by atoms with Gasteiger partial charge in [0.1, 0.15) is 5.75 Å². The molecule has 0 saturated heterocycles. The zero-order valence-corrected chi connectivity index (χ0v) is 21.0. The number of carbonyl (C=O) groups excluding carboxylic acids is 2. The molecule has 7 nitrogen and oxygen atoms in total. The molecule has 0 fully saturated rings. The summed E-state index contributed by atoms with van der Waals surface area (Å²) >= 11 is 0. The number of aromatic nitrogens is 2. The molecule has 186 valence electrons. The van der Waals surface area contributed by atoms with Gasteiger partial charge < -0.3 is 4.74 Å². The molecule has 1 N–H and O–H groups in total. The highest BCUT2D eigenvalue weighted by atomic mass is 16.5. The van der Waals surface area contributed by atoms with Crippen molar-refractivity contribution in [3.05, 3.63) is 126 Å². The Morgan fingerprint density at radius 2 is 1.38 bits per heavy atom. The van der Waals surface area contributed by atoms with Gasteiger partial charge in [-0.2, -0.15) is 0 Å². The summed E-state index contributed by atoms with van der Waals surface area (Å²) in [5.74, 6) is -0.00901. The van der Waals surface area contributed by atoms with Gasteiger partial charge in [-0.05, 0) is 60.7 Å². The molecule has 5 rings (SSSR count). The summed E-state index contributed by atoms with van der Waals surface area (Å²) in [4.78, 5) is 54.4. The van der Waals surface area contributed by atoms with Gasteiger partial charge in [-0.1, -0.05) is 50.2 Å². The lowest BCUT2D eigenvalue weighted by Crippen LogP contribution is -2.34. The Morgan fingerprint density at radius 1 is 0.784 bits per heavy atom. The van der Waals surface area contributed by atoms with Crippen molar-refractivity contribution < 1.29 is 14.3 Å². The first-order valence-electron chi connectivity index (χ1n) is 12.1. The average molecular weight is 495 g/mol. The van der Waals surface area contributed by atoms with Gasteiger partial charge in [-0.15, -0.1) is 0 Å². The minimum absolute atomic E-state index is 0.0336. The summed E-state index contributed by atoms with van der Waals surface area (Å²) in [6.07, 6.45) is 0. The van der Waals surface area contributed by atoms with Gasteiger partial charge in [-0.25, -0.2) is 4.79 Å². The van der Waals surface area contributed by atoms with Crippen molar-refractivity contribution in [3.8, 4) is 11.6 Å². The number of nitrogens with zero attached hydrogens (tertiary/aromatic N) is 1. The van der Waals surface area contributed by atoms with Crippen molar-refractivity contribution >= 4 is 11.6 Å². The standard InChI is InChI=1S/C30H26N2O5/c1-16(2)25-28(35)31-30(36)32(29(25)37-20-12-17(3)11-18(4)13-20)15-19-9-10-23-24(14-19)27(34)22-8-6-5-7-21(22)26(23)33/h5-14,16H,15H2,1-4H3,(H,31,35,36). The molecule has 0 aliphatic heterocycles. The van der Waals surface area contributed by atoms with E-state index in [2.05, 4.69) is 4.98 Å². The van der Waals surface area contributed by atoms with E-state index in [1.165, 1.54) is 4.57 Å². The molecule has 0 saturated carbocycles. The van der Waals surface area contributed by atoms with E-state index < -0.39 is 11.2 Å². The highest BCUT2D eigenvalue weighted by molar-refractivity contribution is 6.28. The minimum Gasteiger partial charge on any atom is -0.440 e. The van der Waals surface area contributed by atoms with E-state index in [1.54, 1.807) is 42.5 Å². The quantitative estimate of drug-likeness (QED) is 0.375. The van der Waals surface area contributed by atoms with E-state index in [1.807, 2.05) is 45.9 Å². The normalized spacial score (nSPS) is 12.5. The van der Waals surface area contributed by atoms with Crippen LogP contribution in [-0.4, -0.2) is 21.1 Å². The first kappa shape index (κ1) is 24.2. The van der Waals surface area contributed by atoms with Crippen LogP contribution in [-0.2, 0) is 6.54 Å². The van der Waals surface area contributed by atoms with Gasteiger partial charge in [0.15, 0.2) is 11.6 Å². The number of ether oxygens (including phenoxy) is 1. The predicted molar refractivity (Wildman–Crippen MR) is 140 cm³/mol. The van der Waals surface area contributed by atoms with E-state index in [9.17, 15) is 19.2 Å². The van der Waals surface area contributed by atoms with Crippen molar-refractivity contribution in [3.63, 3.8) is 0 Å². The highest BCUT2D eigenvalue weighted by Crippen LogP contribution is 2.31. The van der Waals surface area contributed by atoms with E-state index >= 15 is 0 Å². The number of ketones is 2. The van der Waals surface area contributed by atoms with Gasteiger partial charge >= 0.3 is 5.69 Å². The predicted octanol–water partition coefficient (Wildman–Crippen LogP) is 4.89. The molecule has 0 spiro atoms. The number of H-pyrrole nitrogens is 1. The molecule has 1 aliphatic carbocycles. The number of hydrogen-bond donors (Lipinski definition) is 1. The van der Waals surface area contributed by atoms with Crippen LogP contribution < -0.4 is 16.0 Å². The fourth-order valence-corrected chi connectivity index (χ4v) is 4.86. The van der Waals surface area contributed by atoms with E-state index in [-0.39, 0.29) is 29.9 Å². The monoisotopic (exact) mass is 494 g/mol. The number of benzene rings is 3. The molecule has 1 aromatic heterocycles. The summed E-state index contributed by atoms with van der Waals surface area (Å²) in [6, 6.07) is 17.4. The van der Waals surface area contributed by atoms with Crippen molar-refractivity contribution in [2.24, 2.45) is 0 Å². The zero-order chi connectivity index (χ0) is 26.4. The number of rotatable bonds is 5. The van der Waals surface area contributed by atoms with Gasteiger partial charge in [0, 0.05) is 22.3 Å². The molecule has 4 aromatic rings. The average Bonchev–Trinajstić information content (AvgIpc) is 2.84. The van der Waals surface area contributed by atoms with E-state index in [0.29, 0.717) is 39.1 Å². The topological polar surface area (TPSA) is 98.2 Å². The van der Waals surface area contributed by atoms with Crippen LogP contribution in [0.4, 0.5) is 0 Å². The van der Waals surface area contributed by atoms with Gasteiger partial charge in [0.05, 0.1) is 12.1 Å². The third kappa shape index (κ3) is 4.33. The summed E-state index contributed by atoms with van der Waals surface area (Å²) < 4.78 is 7.58. The molecular weight excluding hydrogens is 468 g/mol. The third-order valence-corrected chi connectivity index (χ3v) is 6.50. The van der Waals surface area contributed by atoms with E-state index in [4.69, 9.17) is 4.74 Å². The third-order valence-electron chi connectivity index (χ3n) is 6.50. The molecule has 1 aliphatic rings. The van der Waals surface area contributed by atoms with Crippen LogP contribution in [0.15, 0.2) is 70.3 Å². The Bertz CT molecular complexity index is 1690. The molecule has 0 bridgehead atoms. The number of nitrogens with one attached hydrogen (secondary N) is 1. The van der Waals surface area contributed by atoms with Crippen molar-refractivity contribution in [1.29, 1.82) is 0 Å². The lowest BCUT2D eigenvalue weighted by molar-refractivity contribution is 0.0979. The van der Waals surface area contributed by atoms with Crippen molar-refractivity contribution in [1.82, 2.24) is 9.55 Å². The summed E-state index contributed by atoms with van der Waals surface area (Å²) in [6.45, 7) is 7.63. The first-order valence-corrected chi connectivity index (χ1v) is 12.1. The second-order valence-electron chi connectivity index (χ2n) is 9.73. The number of hydrogen-bond acceptors (Lipinski definition) is 5. The molecule has 0 radical (unpaired) electrons. The number of aromatic amines is 1. The smallest absolute Gasteiger partial charge is 0.331 e. The summed E-state index contributed by atoms with van der Waals surface area (Å²) in [5, 5.41) is 0. The maximum Gasteiger partial charge on any atom is 0.331 e. The fourth-order valence-electron chi connectivity index (χ4n) is 4.86. The Hall–Kier alpha value is -4.52. The van der Waals surface area contributed by atoms with Gasteiger partial charge in [0.2, 0.25) is 5.88 Å². The molecule has 7 heteroatoms. The van der Waals surface area contributed by atoms with Gasteiger partial charge in [0.25, 0.3) is 5.56 Å². The molecule has 0 unspecified atom stereocenters. The zero-order valence-electron chi connectivity index (χ0n) is 21.0. The van der Waals surface area contributed by atoms with Crippen molar-refractivity contribution in [2.75, 3.05) is 0 Å². The van der Waals surface area contributed by atoms with Crippen LogP contribution in [0.25, 0.3) is 0 Å². The van der Waals surface area contributed by atoms with Crippen LogP contribution in [0.5, 0.6) is 11.6 Å². The summed E-state index contributed by atoms with van der Waals surface area (Å²) in [5.41, 5.74) is 3.17. The second-order valence-corrected chi connectivity index (χ2v) is 9.73. The molecular formula is C30H26N2O5. The van der Waals surface area contributed by atoms with Crippen molar-refractivity contribution in [2.45, 2.75) is 40.2 Å². The lowest BCUT2D eigenvalue weighted by Gasteiger charge is -2.20. The maximum absolute atomic E-state index is 13.2. The molecule has 0 amide bonds. The second kappa shape index (κ2) is 9.17. The Labute approximate surface area is 213 Å². The van der Waals surface area contributed by atoms with Crippen LogP contribution in [0.2, 0.25) is 0 Å². The maximum atomic E-state index is 13.2. The SMILES string of the molecule is Cc1cc(C)cc(Oc2c(C(C)C)c(=O)[nH]c(=O)n2Cc2ccc3c(c2)C(=O)c2ccccc2C3=O)c1. The largest absolute Gasteiger partial charge is 0.440 e. The van der Waals surface area contributed by atoms with Crippen LogP contribution in [0.1, 0.15) is 73.9 Å². The molecule has 1 heterocycles. The van der Waals surface area contributed by atoms with Crippen LogP contribution >= 0.6 is 0 Å². The fraction of sp³-hybridized carbons (Fsp3) is 0.200. The molecule has 0 atom stereocenters. The summed E-state index contributed by atoms with van der Waals surface area (Å²) in [7, 11) is 0. The minimum atomic E-state index is -0.626. The Balaban J connectivity index is 1.62. The lowest BCUT2D eigenvalue weighted by atomic mass is 9.83. The highest BCUT2D eigenvalue weighted by Gasteiger charge is 2.29.